The first kappa shape index (κ1) is 28.5. The van der Waals surface area contributed by atoms with E-state index < -0.39 is 5.79 Å². The largest absolute Gasteiger partial charge is 0.366 e. The third-order valence-electron chi connectivity index (χ3n) is 8.48. The smallest absolute Gasteiger partial charge is 0.185 e. The van der Waals surface area contributed by atoms with E-state index in [4.69, 9.17) is 15.2 Å². The van der Waals surface area contributed by atoms with Crippen LogP contribution in [0, 0.1) is 0 Å². The fraction of sp³-hybridized carbons (Fsp3) is 0.710. The number of thiazole rings is 1. The number of nitrogens with zero attached hydrogens (tertiary/aromatic N) is 2. The van der Waals surface area contributed by atoms with Gasteiger partial charge >= 0.3 is 0 Å². The Bertz CT molecular complexity index is 1020. The number of benzene rings is 1. The molecule has 2 aliphatic carbocycles. The molecule has 37 heavy (non-hydrogen) atoms. The van der Waals surface area contributed by atoms with Gasteiger partial charge in [0, 0.05) is 36.1 Å². The average molecular weight is 528 g/mol. The Balaban J connectivity index is 0.000000586. The van der Waals surface area contributed by atoms with Gasteiger partial charge in [-0.3, -0.25) is 0 Å². The van der Waals surface area contributed by atoms with Gasteiger partial charge in [-0.1, -0.05) is 59.1 Å². The molecule has 0 unspecified atom stereocenters. The summed E-state index contributed by atoms with van der Waals surface area (Å²) < 4.78 is 0. The zero-order chi connectivity index (χ0) is 26.8. The second-order valence-corrected chi connectivity index (χ2v) is 14.1. The van der Waals surface area contributed by atoms with Gasteiger partial charge in [-0.25, -0.2) is 4.98 Å². The Labute approximate surface area is 228 Å². The van der Waals surface area contributed by atoms with Crippen molar-refractivity contribution in [3.05, 3.63) is 34.7 Å². The van der Waals surface area contributed by atoms with Crippen LogP contribution in [0.2, 0.25) is 0 Å². The summed E-state index contributed by atoms with van der Waals surface area (Å²) in [4.78, 5) is 7.61. The van der Waals surface area contributed by atoms with E-state index in [0.717, 1.165) is 24.8 Å². The highest BCUT2D eigenvalue weighted by Crippen LogP contribution is 2.47. The summed E-state index contributed by atoms with van der Waals surface area (Å²) in [5.41, 5.74) is 6.00. The third-order valence-corrected chi connectivity index (χ3v) is 9.38. The van der Waals surface area contributed by atoms with Crippen molar-refractivity contribution in [2.45, 2.75) is 128 Å². The minimum absolute atomic E-state index is 0.243. The maximum atomic E-state index is 8.08. The van der Waals surface area contributed by atoms with Crippen molar-refractivity contribution in [3.8, 4) is 11.3 Å². The summed E-state index contributed by atoms with van der Waals surface area (Å²) >= 11 is 1.82. The van der Waals surface area contributed by atoms with Crippen molar-refractivity contribution in [2.24, 2.45) is 0 Å². The number of hydrogen-bond acceptors (Lipinski definition) is 6. The topological polar surface area (TPSA) is 68.6 Å². The van der Waals surface area contributed by atoms with Crippen LogP contribution in [0.25, 0.3) is 11.3 Å². The van der Waals surface area contributed by atoms with Crippen molar-refractivity contribution < 1.29 is 10.2 Å². The van der Waals surface area contributed by atoms with Crippen LogP contribution in [-0.4, -0.2) is 46.2 Å². The lowest BCUT2D eigenvalue weighted by molar-refractivity contribution is -0.127. The summed E-state index contributed by atoms with van der Waals surface area (Å²) in [6.07, 6.45) is 12.0. The fourth-order valence-electron chi connectivity index (χ4n) is 6.13. The summed E-state index contributed by atoms with van der Waals surface area (Å²) in [5, 5.41) is 23.6. The van der Waals surface area contributed by atoms with Crippen molar-refractivity contribution in [2.75, 3.05) is 18.0 Å². The average Bonchev–Trinajstić information content (AvgIpc) is 3.32. The van der Waals surface area contributed by atoms with E-state index in [-0.39, 0.29) is 10.8 Å². The Morgan fingerprint density at radius 1 is 0.892 bits per heavy atom. The number of aromatic nitrogens is 1. The number of fused-ring (bicyclic) bond motifs is 1. The van der Waals surface area contributed by atoms with E-state index in [1.165, 1.54) is 93.5 Å². The van der Waals surface area contributed by atoms with Crippen molar-refractivity contribution >= 4 is 16.5 Å². The van der Waals surface area contributed by atoms with E-state index in [1.54, 1.807) is 0 Å². The van der Waals surface area contributed by atoms with Gasteiger partial charge in [0.15, 0.2) is 10.9 Å². The lowest BCUT2D eigenvalue weighted by Crippen LogP contribution is -2.46. The lowest BCUT2D eigenvalue weighted by atomic mass is 9.63. The predicted octanol–water partition coefficient (Wildman–Crippen LogP) is 6.76. The molecular weight excluding hydrogens is 478 g/mol. The molecule has 5 nitrogen and oxygen atoms in total. The zero-order valence-electron chi connectivity index (χ0n) is 23.9. The molecule has 0 bridgehead atoms. The monoisotopic (exact) mass is 527 g/mol. The molecule has 3 N–H and O–H groups in total. The molecule has 1 saturated carbocycles. The Morgan fingerprint density at radius 2 is 1.46 bits per heavy atom. The molecule has 2 heterocycles. The van der Waals surface area contributed by atoms with Gasteiger partial charge in [-0.2, -0.15) is 0 Å². The molecule has 1 aromatic heterocycles. The lowest BCUT2D eigenvalue weighted by Gasteiger charge is -2.42. The van der Waals surface area contributed by atoms with E-state index in [1.807, 2.05) is 11.3 Å². The summed E-state index contributed by atoms with van der Waals surface area (Å²) in [5.74, 6) is -1.50. The van der Waals surface area contributed by atoms with Gasteiger partial charge in [-0.05, 0) is 80.4 Å². The molecule has 0 atom stereocenters. The molecule has 1 aromatic carbocycles. The van der Waals surface area contributed by atoms with Crippen LogP contribution in [0.1, 0.15) is 110 Å². The van der Waals surface area contributed by atoms with Crippen molar-refractivity contribution in [1.82, 2.24) is 10.3 Å². The van der Waals surface area contributed by atoms with E-state index in [2.05, 4.69) is 61.5 Å². The highest BCUT2D eigenvalue weighted by molar-refractivity contribution is 7.14. The number of hydrogen-bond donors (Lipinski definition) is 3. The molecule has 1 aliphatic heterocycles. The normalized spacial score (nSPS) is 22.2. The van der Waals surface area contributed by atoms with Crippen LogP contribution >= 0.6 is 11.3 Å². The Kier molecular flexibility index (Phi) is 8.74. The minimum atomic E-state index is -1.50. The van der Waals surface area contributed by atoms with Crippen molar-refractivity contribution in [3.63, 3.8) is 0 Å². The first-order valence-corrected chi connectivity index (χ1v) is 15.3. The molecule has 2 aromatic rings. The van der Waals surface area contributed by atoms with Gasteiger partial charge in [0.05, 0.1) is 5.69 Å². The van der Waals surface area contributed by atoms with Crippen molar-refractivity contribution in [1.29, 1.82) is 0 Å². The Morgan fingerprint density at radius 3 is 2.08 bits per heavy atom. The highest BCUT2D eigenvalue weighted by atomic mass is 32.1. The van der Waals surface area contributed by atoms with Gasteiger partial charge < -0.3 is 20.4 Å². The zero-order valence-corrected chi connectivity index (χ0v) is 24.8. The van der Waals surface area contributed by atoms with Crippen LogP contribution in [-0.2, 0) is 10.8 Å². The van der Waals surface area contributed by atoms with Crippen LogP contribution in [0.5, 0.6) is 0 Å². The van der Waals surface area contributed by atoms with Gasteiger partial charge in [0.1, 0.15) is 0 Å². The van der Waals surface area contributed by atoms with E-state index in [9.17, 15) is 0 Å². The maximum absolute atomic E-state index is 8.08. The summed E-state index contributed by atoms with van der Waals surface area (Å²) in [6.45, 7) is 14.5. The van der Waals surface area contributed by atoms with Gasteiger partial charge in [-0.15, -0.1) is 11.3 Å². The predicted molar refractivity (Wildman–Crippen MR) is 157 cm³/mol. The molecule has 0 amide bonds. The fourth-order valence-corrected chi connectivity index (χ4v) is 7.02. The molecule has 206 valence electrons. The molecule has 2 fully saturated rings. The third kappa shape index (κ3) is 7.56. The highest BCUT2D eigenvalue weighted by Gasteiger charge is 2.37. The summed E-state index contributed by atoms with van der Waals surface area (Å²) in [7, 11) is 0. The first-order chi connectivity index (χ1) is 17.3. The van der Waals surface area contributed by atoms with E-state index >= 15 is 0 Å². The number of aliphatic hydroxyl groups is 2. The molecule has 1 saturated heterocycles. The van der Waals surface area contributed by atoms with Gasteiger partial charge in [0.2, 0.25) is 0 Å². The maximum Gasteiger partial charge on any atom is 0.185 e. The van der Waals surface area contributed by atoms with Crippen LogP contribution in [0.3, 0.4) is 0 Å². The number of anilines is 1. The Hall–Kier alpha value is -1.47. The van der Waals surface area contributed by atoms with Crippen LogP contribution < -0.4 is 10.2 Å². The number of piperidine rings is 1. The van der Waals surface area contributed by atoms with E-state index in [0.29, 0.717) is 6.04 Å². The molecule has 3 aliphatic rings. The molecule has 0 spiro atoms. The van der Waals surface area contributed by atoms with Crippen LogP contribution in [0.15, 0.2) is 23.6 Å². The summed E-state index contributed by atoms with van der Waals surface area (Å²) in [6, 6.07) is 8.59. The SMILES string of the molecule is CC(C)(O)O.CC1(C)CCC(C)(C)c2cc(-c3csc(N4CCC(NC5CCCCC5)CC4)n3)ccc21. The second-order valence-electron chi connectivity index (χ2n) is 13.3. The number of rotatable bonds is 4. The molecule has 5 rings (SSSR count). The number of nitrogens with one attached hydrogen (secondary N) is 1. The minimum Gasteiger partial charge on any atom is -0.366 e. The quantitative estimate of drug-likeness (QED) is 0.383. The van der Waals surface area contributed by atoms with Crippen LogP contribution in [0.4, 0.5) is 5.13 Å². The first-order valence-electron chi connectivity index (χ1n) is 14.4. The molecule has 6 heteroatoms. The van der Waals surface area contributed by atoms with Gasteiger partial charge in [0.25, 0.3) is 0 Å². The molecular formula is C31H49N3O2S. The standard InChI is InChI=1S/C28H41N3S.C3H8O2/c1-27(2)14-15-28(3,4)24-18-20(10-11-23(24)27)25-19-32-26(30-25)31-16-12-22(13-17-31)29-21-8-6-5-7-9-21;1-3(2,4)5/h10-11,18-19,21-22,29H,5-9,12-17H2,1-4H3;4-5H,1-2H3. The molecule has 0 radical (unpaired) electrons. The second kappa shape index (κ2) is 11.3.